The number of rotatable bonds is 3. The van der Waals surface area contributed by atoms with E-state index < -0.39 is 5.97 Å². The van der Waals surface area contributed by atoms with Gasteiger partial charge in [-0.25, -0.2) is 0 Å². The summed E-state index contributed by atoms with van der Waals surface area (Å²) in [5, 5.41) is 10.2. The third-order valence-corrected chi connectivity index (χ3v) is 2.74. The molecule has 4 nitrogen and oxygen atoms in total. The Morgan fingerprint density at radius 1 is 1.40 bits per heavy atom. The minimum atomic E-state index is -1.33. The van der Waals surface area contributed by atoms with E-state index in [2.05, 4.69) is 0 Å². The Morgan fingerprint density at radius 3 is 2.73 bits per heavy atom. The Kier molecular flexibility index (Phi) is 4.34. The Hall–Kier alpha value is -1.32. The number of nitrogens with zero attached hydrogens (tertiary/aromatic N) is 1. The Balaban J connectivity index is 2.59. The molecule has 0 N–H and O–H groups in total. The van der Waals surface area contributed by atoms with Crippen molar-refractivity contribution in [3.8, 4) is 0 Å². The molecular formula is C11H16NO3-. The molecule has 1 heterocycles. The fourth-order valence-electron chi connectivity index (χ4n) is 1.95. The molecule has 1 aliphatic rings. The molecule has 1 aliphatic heterocycles. The highest BCUT2D eigenvalue weighted by Crippen LogP contribution is 2.19. The summed E-state index contributed by atoms with van der Waals surface area (Å²) in [7, 11) is 0. The average Bonchev–Trinajstić information content (AvgIpc) is 2.25. The van der Waals surface area contributed by atoms with Crippen LogP contribution in [0.1, 0.15) is 32.6 Å². The van der Waals surface area contributed by atoms with E-state index in [4.69, 9.17) is 0 Å². The maximum atomic E-state index is 11.6. The van der Waals surface area contributed by atoms with Gasteiger partial charge in [-0.2, -0.15) is 0 Å². The van der Waals surface area contributed by atoms with Gasteiger partial charge in [-0.1, -0.05) is 6.92 Å². The second kappa shape index (κ2) is 5.53. The van der Waals surface area contributed by atoms with Crippen LogP contribution in [0, 0.1) is 0 Å². The molecule has 0 unspecified atom stereocenters. The van der Waals surface area contributed by atoms with Gasteiger partial charge in [0.05, 0.1) is 5.97 Å². The summed E-state index contributed by atoms with van der Waals surface area (Å²) in [5.74, 6) is -1.54. The third kappa shape index (κ3) is 3.38. The molecule has 84 valence electrons. The molecule has 4 heteroatoms. The first-order valence-electron chi connectivity index (χ1n) is 5.34. The number of aliphatic carboxylic acids is 1. The largest absolute Gasteiger partial charge is 0.545 e. The highest BCUT2D eigenvalue weighted by Gasteiger charge is 2.23. The van der Waals surface area contributed by atoms with Gasteiger partial charge in [0, 0.05) is 18.7 Å². The van der Waals surface area contributed by atoms with Gasteiger partial charge < -0.3 is 14.8 Å². The second-order valence-electron chi connectivity index (χ2n) is 3.74. The molecule has 1 atom stereocenters. The molecule has 1 rings (SSSR count). The van der Waals surface area contributed by atoms with Gasteiger partial charge in [0.25, 0.3) is 0 Å². The van der Waals surface area contributed by atoms with Crippen molar-refractivity contribution in [1.29, 1.82) is 0 Å². The van der Waals surface area contributed by atoms with Gasteiger partial charge in [-0.15, -0.1) is 0 Å². The normalized spacial score (nSPS) is 21.9. The van der Waals surface area contributed by atoms with Crippen molar-refractivity contribution in [2.24, 2.45) is 0 Å². The molecule has 0 aliphatic carbocycles. The molecule has 0 radical (unpaired) electrons. The third-order valence-electron chi connectivity index (χ3n) is 2.74. The zero-order valence-electron chi connectivity index (χ0n) is 8.94. The number of piperidine rings is 1. The van der Waals surface area contributed by atoms with Gasteiger partial charge in [0.2, 0.25) is 5.91 Å². The first-order valence-corrected chi connectivity index (χ1v) is 5.34. The van der Waals surface area contributed by atoms with Crippen molar-refractivity contribution >= 4 is 11.9 Å². The molecule has 15 heavy (non-hydrogen) atoms. The number of likely N-dealkylation sites (tertiary alicyclic amines) is 1. The molecule has 0 spiro atoms. The van der Waals surface area contributed by atoms with Gasteiger partial charge in [0.1, 0.15) is 0 Å². The van der Waals surface area contributed by atoms with E-state index in [9.17, 15) is 14.7 Å². The van der Waals surface area contributed by atoms with Crippen LogP contribution in [0.25, 0.3) is 0 Å². The summed E-state index contributed by atoms with van der Waals surface area (Å²) in [5.41, 5.74) is 0. The maximum absolute atomic E-state index is 11.6. The molecule has 1 amide bonds. The minimum Gasteiger partial charge on any atom is -0.545 e. The molecule has 0 aromatic rings. The lowest BCUT2D eigenvalue weighted by Crippen LogP contribution is -2.42. The number of carboxylic acid groups (broad SMARTS) is 1. The Labute approximate surface area is 89.6 Å². The number of hydrogen-bond acceptors (Lipinski definition) is 3. The van der Waals surface area contributed by atoms with Crippen LogP contribution in [0.15, 0.2) is 12.2 Å². The van der Waals surface area contributed by atoms with Crippen LogP contribution < -0.4 is 5.11 Å². The van der Waals surface area contributed by atoms with Gasteiger partial charge in [0.15, 0.2) is 0 Å². The SMILES string of the molecule is CC[C@@H]1CCCCN1C(=O)/C=C/C(=O)[O-]. The average molecular weight is 210 g/mol. The van der Waals surface area contributed by atoms with E-state index in [0.29, 0.717) is 0 Å². The predicted molar refractivity (Wildman–Crippen MR) is 53.8 cm³/mol. The summed E-state index contributed by atoms with van der Waals surface area (Å²) in [6.07, 6.45) is 5.97. The highest BCUT2D eigenvalue weighted by molar-refractivity contribution is 5.93. The fraction of sp³-hybridized carbons (Fsp3) is 0.636. The van der Waals surface area contributed by atoms with Crippen molar-refractivity contribution in [1.82, 2.24) is 4.90 Å². The molecule has 0 aromatic carbocycles. The van der Waals surface area contributed by atoms with Crippen LogP contribution in [0.5, 0.6) is 0 Å². The van der Waals surface area contributed by atoms with Crippen molar-refractivity contribution in [2.45, 2.75) is 38.6 Å². The monoisotopic (exact) mass is 210 g/mol. The molecule has 1 saturated heterocycles. The zero-order valence-corrected chi connectivity index (χ0v) is 8.94. The minimum absolute atomic E-state index is 0.217. The van der Waals surface area contributed by atoms with E-state index in [1.807, 2.05) is 6.92 Å². The maximum Gasteiger partial charge on any atom is 0.246 e. The van der Waals surface area contributed by atoms with Gasteiger partial charge in [-0.05, 0) is 31.8 Å². The standard InChI is InChI=1S/C11H17NO3/c1-2-9-5-3-4-8-12(9)10(13)6-7-11(14)15/h6-7,9H,2-5,8H2,1H3,(H,14,15)/p-1/b7-6+/t9-/m1/s1. The quantitative estimate of drug-likeness (QED) is 0.620. The van der Waals surface area contributed by atoms with E-state index in [1.165, 1.54) is 0 Å². The number of carbonyl (C=O) groups is 2. The van der Waals surface area contributed by atoms with E-state index in [-0.39, 0.29) is 11.9 Å². The van der Waals surface area contributed by atoms with Gasteiger partial charge in [-0.3, -0.25) is 4.79 Å². The smallest absolute Gasteiger partial charge is 0.246 e. The van der Waals surface area contributed by atoms with Crippen LogP contribution in [0.2, 0.25) is 0 Å². The van der Waals surface area contributed by atoms with Crippen molar-refractivity contribution in [2.75, 3.05) is 6.54 Å². The van der Waals surface area contributed by atoms with Crippen LogP contribution in [-0.4, -0.2) is 29.4 Å². The van der Waals surface area contributed by atoms with Crippen molar-refractivity contribution < 1.29 is 14.7 Å². The summed E-state index contributed by atoms with van der Waals surface area (Å²) in [6, 6.07) is 0.262. The van der Waals surface area contributed by atoms with E-state index >= 15 is 0 Å². The summed E-state index contributed by atoms with van der Waals surface area (Å²) in [6.45, 7) is 2.77. The number of carbonyl (C=O) groups excluding carboxylic acids is 2. The molecular weight excluding hydrogens is 194 g/mol. The second-order valence-corrected chi connectivity index (χ2v) is 3.74. The first-order chi connectivity index (χ1) is 7.15. The number of hydrogen-bond donors (Lipinski definition) is 0. The number of amides is 1. The van der Waals surface area contributed by atoms with Crippen LogP contribution >= 0.6 is 0 Å². The van der Waals surface area contributed by atoms with Crippen LogP contribution in [-0.2, 0) is 9.59 Å². The molecule has 0 bridgehead atoms. The Morgan fingerprint density at radius 2 is 2.13 bits per heavy atom. The van der Waals surface area contributed by atoms with E-state index in [0.717, 1.165) is 44.4 Å². The van der Waals surface area contributed by atoms with E-state index in [1.54, 1.807) is 4.90 Å². The summed E-state index contributed by atoms with van der Waals surface area (Å²) in [4.78, 5) is 23.5. The summed E-state index contributed by atoms with van der Waals surface area (Å²) >= 11 is 0. The lowest BCUT2D eigenvalue weighted by atomic mass is 10.00. The predicted octanol–water partition coefficient (Wildman–Crippen LogP) is 0.0836. The highest BCUT2D eigenvalue weighted by atomic mass is 16.4. The molecule has 0 aromatic heterocycles. The number of carboxylic acids is 1. The molecule has 0 saturated carbocycles. The lowest BCUT2D eigenvalue weighted by Gasteiger charge is -2.34. The molecule has 1 fully saturated rings. The topological polar surface area (TPSA) is 60.4 Å². The van der Waals surface area contributed by atoms with Crippen LogP contribution in [0.3, 0.4) is 0 Å². The van der Waals surface area contributed by atoms with Crippen molar-refractivity contribution in [3.05, 3.63) is 12.2 Å². The van der Waals surface area contributed by atoms with Crippen molar-refractivity contribution in [3.63, 3.8) is 0 Å². The van der Waals surface area contributed by atoms with Gasteiger partial charge >= 0.3 is 0 Å². The zero-order chi connectivity index (χ0) is 11.3. The fourth-order valence-corrected chi connectivity index (χ4v) is 1.95. The Bertz CT molecular complexity index is 273. The summed E-state index contributed by atoms with van der Waals surface area (Å²) < 4.78 is 0. The first kappa shape index (κ1) is 11.8. The lowest BCUT2D eigenvalue weighted by molar-refractivity contribution is -0.297. The van der Waals surface area contributed by atoms with Crippen LogP contribution in [0.4, 0.5) is 0 Å².